The van der Waals surface area contributed by atoms with Crippen LogP contribution in [0, 0.1) is 13.8 Å². The van der Waals surface area contributed by atoms with Gasteiger partial charge in [-0.15, -0.1) is 0 Å². The lowest BCUT2D eigenvalue weighted by Crippen LogP contribution is -2.47. The SMILES string of the molecule is Cc1cccc(C(=O)N2CCC(N(C)S(C)(=O)=O)CC2)c1C. The van der Waals surface area contributed by atoms with E-state index in [1.54, 1.807) is 7.05 Å². The molecule has 6 heteroatoms. The number of sulfonamides is 1. The highest BCUT2D eigenvalue weighted by Gasteiger charge is 2.29. The van der Waals surface area contributed by atoms with E-state index >= 15 is 0 Å². The number of carbonyl (C=O) groups excluding carboxylic acids is 1. The van der Waals surface area contributed by atoms with Crippen molar-refractivity contribution in [3.05, 3.63) is 34.9 Å². The van der Waals surface area contributed by atoms with Crippen molar-refractivity contribution < 1.29 is 13.2 Å². The van der Waals surface area contributed by atoms with Gasteiger partial charge in [0, 0.05) is 31.7 Å². The maximum absolute atomic E-state index is 12.6. The van der Waals surface area contributed by atoms with Gasteiger partial charge in [0.2, 0.25) is 10.0 Å². The van der Waals surface area contributed by atoms with E-state index < -0.39 is 10.0 Å². The first-order chi connectivity index (χ1) is 10.2. The predicted molar refractivity (Wildman–Crippen MR) is 87.4 cm³/mol. The third-order valence-corrected chi connectivity index (χ3v) is 5.97. The highest BCUT2D eigenvalue weighted by molar-refractivity contribution is 7.88. The van der Waals surface area contributed by atoms with Crippen LogP contribution in [0.4, 0.5) is 0 Å². The fourth-order valence-corrected chi connectivity index (χ4v) is 3.61. The summed E-state index contributed by atoms with van der Waals surface area (Å²) in [7, 11) is -1.56. The van der Waals surface area contributed by atoms with Crippen molar-refractivity contribution in [2.45, 2.75) is 32.7 Å². The molecule has 0 radical (unpaired) electrons. The molecule has 0 unspecified atom stereocenters. The number of piperidine rings is 1. The van der Waals surface area contributed by atoms with Gasteiger partial charge in [0.05, 0.1) is 6.26 Å². The van der Waals surface area contributed by atoms with Crippen molar-refractivity contribution in [1.82, 2.24) is 9.21 Å². The van der Waals surface area contributed by atoms with Gasteiger partial charge in [-0.2, -0.15) is 0 Å². The molecule has 1 saturated heterocycles. The third-order valence-electron chi connectivity index (χ3n) is 4.62. The smallest absolute Gasteiger partial charge is 0.254 e. The maximum Gasteiger partial charge on any atom is 0.254 e. The van der Waals surface area contributed by atoms with Gasteiger partial charge in [-0.3, -0.25) is 4.79 Å². The van der Waals surface area contributed by atoms with Crippen LogP contribution in [0.2, 0.25) is 0 Å². The van der Waals surface area contributed by atoms with Crippen LogP contribution in [-0.4, -0.2) is 56.0 Å². The summed E-state index contributed by atoms with van der Waals surface area (Å²) in [6.45, 7) is 5.15. The van der Waals surface area contributed by atoms with E-state index in [-0.39, 0.29) is 11.9 Å². The molecular weight excluding hydrogens is 300 g/mol. The van der Waals surface area contributed by atoms with Crippen molar-refractivity contribution in [2.24, 2.45) is 0 Å². The molecule has 1 aromatic rings. The van der Waals surface area contributed by atoms with Crippen molar-refractivity contribution in [2.75, 3.05) is 26.4 Å². The highest BCUT2D eigenvalue weighted by Crippen LogP contribution is 2.21. The van der Waals surface area contributed by atoms with E-state index in [1.807, 2.05) is 36.9 Å². The van der Waals surface area contributed by atoms with E-state index in [1.165, 1.54) is 10.6 Å². The fraction of sp³-hybridized carbons (Fsp3) is 0.562. The molecule has 122 valence electrons. The largest absolute Gasteiger partial charge is 0.339 e. The molecule has 0 spiro atoms. The Bertz CT molecular complexity index is 662. The zero-order valence-electron chi connectivity index (χ0n) is 13.7. The first-order valence-electron chi connectivity index (χ1n) is 7.50. The number of nitrogens with zero attached hydrogens (tertiary/aromatic N) is 2. The van der Waals surface area contributed by atoms with E-state index in [0.29, 0.717) is 25.9 Å². The molecule has 0 aromatic heterocycles. The van der Waals surface area contributed by atoms with Gasteiger partial charge in [-0.25, -0.2) is 12.7 Å². The van der Waals surface area contributed by atoms with E-state index in [2.05, 4.69) is 0 Å². The maximum atomic E-state index is 12.6. The summed E-state index contributed by atoms with van der Waals surface area (Å²) in [4.78, 5) is 14.5. The molecular formula is C16H24N2O3S. The number of benzene rings is 1. The normalized spacial score (nSPS) is 17.0. The molecule has 1 heterocycles. The van der Waals surface area contributed by atoms with Crippen LogP contribution >= 0.6 is 0 Å². The summed E-state index contributed by atoms with van der Waals surface area (Å²) in [5.74, 6) is 0.0432. The second-order valence-electron chi connectivity index (χ2n) is 6.05. The summed E-state index contributed by atoms with van der Waals surface area (Å²) in [5.41, 5.74) is 2.87. The molecule has 2 rings (SSSR count). The molecule has 1 aromatic carbocycles. The lowest BCUT2D eigenvalue weighted by Gasteiger charge is -2.36. The molecule has 1 amide bonds. The molecule has 0 N–H and O–H groups in total. The van der Waals surface area contributed by atoms with E-state index in [9.17, 15) is 13.2 Å². The summed E-state index contributed by atoms with van der Waals surface area (Å²) in [5, 5.41) is 0. The van der Waals surface area contributed by atoms with Crippen LogP contribution in [-0.2, 0) is 10.0 Å². The van der Waals surface area contributed by atoms with Crippen molar-refractivity contribution in [1.29, 1.82) is 0 Å². The fourth-order valence-electron chi connectivity index (χ4n) is 2.86. The summed E-state index contributed by atoms with van der Waals surface area (Å²) >= 11 is 0. The minimum atomic E-state index is -3.17. The molecule has 5 nitrogen and oxygen atoms in total. The predicted octanol–water partition coefficient (Wildman–Crippen LogP) is 1.80. The molecule has 1 aliphatic heterocycles. The number of rotatable bonds is 3. The van der Waals surface area contributed by atoms with Crippen molar-refractivity contribution in [3.8, 4) is 0 Å². The molecule has 0 aliphatic carbocycles. The molecule has 0 bridgehead atoms. The summed E-state index contributed by atoms with van der Waals surface area (Å²) in [6, 6.07) is 5.75. The molecule has 1 aliphatic rings. The minimum absolute atomic E-state index is 0.0161. The Morgan fingerprint density at radius 1 is 1.23 bits per heavy atom. The topological polar surface area (TPSA) is 57.7 Å². The number of hydrogen-bond acceptors (Lipinski definition) is 3. The average Bonchev–Trinajstić information content (AvgIpc) is 2.48. The lowest BCUT2D eigenvalue weighted by molar-refractivity contribution is 0.0685. The zero-order chi connectivity index (χ0) is 16.5. The van der Waals surface area contributed by atoms with Crippen molar-refractivity contribution in [3.63, 3.8) is 0 Å². The Labute approximate surface area is 133 Å². The third kappa shape index (κ3) is 3.50. The minimum Gasteiger partial charge on any atom is -0.339 e. The monoisotopic (exact) mass is 324 g/mol. The zero-order valence-corrected chi connectivity index (χ0v) is 14.5. The number of carbonyl (C=O) groups is 1. The Morgan fingerprint density at radius 2 is 1.82 bits per heavy atom. The second-order valence-corrected chi connectivity index (χ2v) is 8.09. The first-order valence-corrected chi connectivity index (χ1v) is 9.35. The number of amides is 1. The first kappa shape index (κ1) is 17.0. The Balaban J connectivity index is 2.06. The number of hydrogen-bond donors (Lipinski definition) is 0. The summed E-state index contributed by atoms with van der Waals surface area (Å²) in [6.07, 6.45) is 2.58. The van der Waals surface area contributed by atoms with Crippen LogP contribution in [0.3, 0.4) is 0 Å². The van der Waals surface area contributed by atoms with Crippen LogP contribution in [0.5, 0.6) is 0 Å². The highest BCUT2D eigenvalue weighted by atomic mass is 32.2. The van der Waals surface area contributed by atoms with Gasteiger partial charge < -0.3 is 4.90 Å². The Kier molecular flexibility index (Phi) is 4.92. The Morgan fingerprint density at radius 3 is 2.36 bits per heavy atom. The summed E-state index contributed by atoms with van der Waals surface area (Å²) < 4.78 is 24.6. The van der Waals surface area contributed by atoms with Crippen LogP contribution in [0.15, 0.2) is 18.2 Å². The average molecular weight is 324 g/mol. The molecule has 1 fully saturated rings. The molecule has 0 saturated carbocycles. The standard InChI is InChI=1S/C16H24N2O3S/c1-12-6-5-7-15(13(12)2)16(19)18-10-8-14(9-11-18)17(3)22(4,20)21/h5-7,14H,8-11H2,1-4H3. The quantitative estimate of drug-likeness (QED) is 0.852. The van der Waals surface area contributed by atoms with E-state index in [0.717, 1.165) is 16.7 Å². The van der Waals surface area contributed by atoms with Gasteiger partial charge >= 0.3 is 0 Å². The van der Waals surface area contributed by atoms with E-state index in [4.69, 9.17) is 0 Å². The van der Waals surface area contributed by atoms with Gasteiger partial charge in [-0.1, -0.05) is 12.1 Å². The lowest BCUT2D eigenvalue weighted by atomic mass is 10.00. The van der Waals surface area contributed by atoms with Gasteiger partial charge in [0.15, 0.2) is 0 Å². The molecule has 0 atom stereocenters. The van der Waals surface area contributed by atoms with Crippen LogP contribution < -0.4 is 0 Å². The molecule has 22 heavy (non-hydrogen) atoms. The van der Waals surface area contributed by atoms with Crippen molar-refractivity contribution >= 4 is 15.9 Å². The number of aryl methyl sites for hydroxylation is 1. The van der Waals surface area contributed by atoms with Crippen LogP contribution in [0.25, 0.3) is 0 Å². The van der Waals surface area contributed by atoms with Gasteiger partial charge in [0.1, 0.15) is 0 Å². The van der Waals surface area contributed by atoms with Crippen LogP contribution in [0.1, 0.15) is 34.3 Å². The second kappa shape index (κ2) is 6.38. The van der Waals surface area contributed by atoms with Gasteiger partial charge in [-0.05, 0) is 43.9 Å². The number of likely N-dealkylation sites (tertiary alicyclic amines) is 1. The Hall–Kier alpha value is -1.40. The van der Waals surface area contributed by atoms with Gasteiger partial charge in [0.25, 0.3) is 5.91 Å².